The zero-order valence-electron chi connectivity index (χ0n) is 12.5. The average Bonchev–Trinajstić information content (AvgIpc) is 2.74. The number of piperazine rings is 1. The van der Waals surface area contributed by atoms with Gasteiger partial charge in [-0.3, -0.25) is 9.69 Å². The van der Waals surface area contributed by atoms with Gasteiger partial charge in [0.1, 0.15) is 0 Å². The smallest absolute Gasteiger partial charge is 0.252 e. The molecule has 108 valence electrons. The standard InChI is InChI=1S/C16H23N3O/c1-11(2)18-7-9-19(10-8-18)14-6-4-5-13-15(14)12(3)17-16(13)20/h4-6,11-12H,7-10H2,1-3H3,(H,17,20). The van der Waals surface area contributed by atoms with Crippen LogP contribution in [0.1, 0.15) is 42.7 Å². The van der Waals surface area contributed by atoms with Crippen LogP contribution in [-0.2, 0) is 0 Å². The van der Waals surface area contributed by atoms with E-state index < -0.39 is 0 Å². The van der Waals surface area contributed by atoms with E-state index in [1.54, 1.807) is 0 Å². The number of nitrogens with one attached hydrogen (secondary N) is 1. The van der Waals surface area contributed by atoms with Crippen LogP contribution in [0, 0.1) is 0 Å². The molecular formula is C16H23N3O. The highest BCUT2D eigenvalue weighted by atomic mass is 16.2. The maximum atomic E-state index is 11.9. The van der Waals surface area contributed by atoms with E-state index in [0.29, 0.717) is 6.04 Å². The third-order valence-electron chi connectivity index (χ3n) is 4.49. The van der Waals surface area contributed by atoms with Gasteiger partial charge in [0.25, 0.3) is 5.91 Å². The quantitative estimate of drug-likeness (QED) is 0.895. The van der Waals surface area contributed by atoms with Gasteiger partial charge in [0, 0.05) is 49.0 Å². The number of anilines is 1. The Morgan fingerprint density at radius 3 is 2.55 bits per heavy atom. The molecule has 4 heteroatoms. The molecule has 0 bridgehead atoms. The minimum Gasteiger partial charge on any atom is -0.369 e. The third kappa shape index (κ3) is 2.18. The van der Waals surface area contributed by atoms with Crippen LogP contribution in [0.15, 0.2) is 18.2 Å². The van der Waals surface area contributed by atoms with Crippen LogP contribution in [0.3, 0.4) is 0 Å². The fourth-order valence-electron chi connectivity index (χ4n) is 3.31. The molecule has 1 saturated heterocycles. The second-order valence-electron chi connectivity index (χ2n) is 6.05. The maximum absolute atomic E-state index is 11.9. The lowest BCUT2D eigenvalue weighted by Gasteiger charge is -2.39. The van der Waals surface area contributed by atoms with E-state index in [4.69, 9.17) is 0 Å². The van der Waals surface area contributed by atoms with Gasteiger partial charge in [-0.25, -0.2) is 0 Å². The summed E-state index contributed by atoms with van der Waals surface area (Å²) in [5.74, 6) is 0.0650. The first-order valence-corrected chi connectivity index (χ1v) is 7.50. The van der Waals surface area contributed by atoms with Crippen molar-refractivity contribution >= 4 is 11.6 Å². The van der Waals surface area contributed by atoms with Crippen molar-refractivity contribution in [3.05, 3.63) is 29.3 Å². The molecule has 2 heterocycles. The molecule has 3 rings (SSSR count). The Morgan fingerprint density at radius 1 is 1.20 bits per heavy atom. The van der Waals surface area contributed by atoms with Gasteiger partial charge in [0.2, 0.25) is 0 Å². The molecule has 1 atom stereocenters. The van der Waals surface area contributed by atoms with E-state index in [1.165, 1.54) is 11.3 Å². The van der Waals surface area contributed by atoms with Crippen molar-refractivity contribution in [2.24, 2.45) is 0 Å². The number of rotatable bonds is 2. The van der Waals surface area contributed by atoms with Gasteiger partial charge in [0.15, 0.2) is 0 Å². The summed E-state index contributed by atoms with van der Waals surface area (Å²) >= 11 is 0. The number of hydrogen-bond donors (Lipinski definition) is 1. The monoisotopic (exact) mass is 273 g/mol. The summed E-state index contributed by atoms with van der Waals surface area (Å²) in [5.41, 5.74) is 3.26. The Labute approximate surface area is 120 Å². The highest BCUT2D eigenvalue weighted by molar-refractivity contribution is 6.01. The Balaban J connectivity index is 1.85. The van der Waals surface area contributed by atoms with Gasteiger partial charge in [-0.05, 0) is 32.9 Å². The summed E-state index contributed by atoms with van der Waals surface area (Å²) in [6, 6.07) is 6.82. The molecule has 0 saturated carbocycles. The van der Waals surface area contributed by atoms with Crippen molar-refractivity contribution in [2.45, 2.75) is 32.9 Å². The fourth-order valence-corrected chi connectivity index (χ4v) is 3.31. The van der Waals surface area contributed by atoms with Gasteiger partial charge in [-0.15, -0.1) is 0 Å². The summed E-state index contributed by atoms with van der Waals surface area (Å²) in [6.45, 7) is 10.8. The SMILES string of the molecule is CC1NC(=O)c2cccc(N3CCN(C(C)C)CC3)c21. The normalized spacial score (nSPS) is 23.1. The number of carbonyl (C=O) groups excluding carboxylic acids is 1. The molecule has 2 aliphatic rings. The van der Waals surface area contributed by atoms with E-state index in [-0.39, 0.29) is 11.9 Å². The number of carbonyl (C=O) groups is 1. The first-order valence-electron chi connectivity index (χ1n) is 7.50. The highest BCUT2D eigenvalue weighted by Gasteiger charge is 2.30. The number of benzene rings is 1. The van der Waals surface area contributed by atoms with Crippen molar-refractivity contribution in [3.8, 4) is 0 Å². The average molecular weight is 273 g/mol. The summed E-state index contributed by atoms with van der Waals surface area (Å²) in [7, 11) is 0. The van der Waals surface area contributed by atoms with E-state index in [1.807, 2.05) is 12.1 Å². The lowest BCUT2D eigenvalue weighted by Crippen LogP contribution is -2.49. The van der Waals surface area contributed by atoms with Gasteiger partial charge in [-0.1, -0.05) is 6.07 Å². The molecule has 0 spiro atoms. The second kappa shape index (κ2) is 5.09. The molecule has 2 aliphatic heterocycles. The van der Waals surface area contributed by atoms with Gasteiger partial charge in [0.05, 0.1) is 6.04 Å². The molecular weight excluding hydrogens is 250 g/mol. The first kappa shape index (κ1) is 13.4. The Hall–Kier alpha value is -1.55. The predicted molar refractivity (Wildman–Crippen MR) is 81.2 cm³/mol. The first-order chi connectivity index (χ1) is 9.58. The maximum Gasteiger partial charge on any atom is 0.252 e. The summed E-state index contributed by atoms with van der Waals surface area (Å²) in [5, 5.41) is 3.01. The lowest BCUT2D eigenvalue weighted by atomic mass is 10.0. The lowest BCUT2D eigenvalue weighted by molar-refractivity contribution is 0.0958. The molecule has 0 radical (unpaired) electrons. The molecule has 1 N–H and O–H groups in total. The minimum absolute atomic E-state index is 0.0650. The Kier molecular flexibility index (Phi) is 3.42. The van der Waals surface area contributed by atoms with Crippen LogP contribution < -0.4 is 10.2 Å². The Bertz CT molecular complexity index is 518. The van der Waals surface area contributed by atoms with Crippen LogP contribution in [0.2, 0.25) is 0 Å². The fraction of sp³-hybridized carbons (Fsp3) is 0.562. The van der Waals surface area contributed by atoms with Gasteiger partial charge < -0.3 is 10.2 Å². The van der Waals surface area contributed by atoms with Crippen molar-refractivity contribution in [1.29, 1.82) is 0 Å². The number of amides is 1. The topological polar surface area (TPSA) is 35.6 Å². The molecule has 0 aliphatic carbocycles. The predicted octanol–water partition coefficient (Wildman–Crippen LogP) is 2.02. The molecule has 1 aromatic carbocycles. The van der Waals surface area contributed by atoms with Crippen molar-refractivity contribution < 1.29 is 4.79 Å². The molecule has 1 amide bonds. The van der Waals surface area contributed by atoms with Crippen molar-refractivity contribution in [1.82, 2.24) is 10.2 Å². The molecule has 20 heavy (non-hydrogen) atoms. The van der Waals surface area contributed by atoms with Crippen molar-refractivity contribution in [2.75, 3.05) is 31.1 Å². The molecule has 0 aromatic heterocycles. The summed E-state index contributed by atoms with van der Waals surface area (Å²) in [4.78, 5) is 16.8. The van der Waals surface area contributed by atoms with Crippen LogP contribution >= 0.6 is 0 Å². The van der Waals surface area contributed by atoms with E-state index in [2.05, 4.69) is 42.0 Å². The molecule has 4 nitrogen and oxygen atoms in total. The van der Waals surface area contributed by atoms with E-state index in [9.17, 15) is 4.79 Å². The van der Waals surface area contributed by atoms with E-state index >= 15 is 0 Å². The minimum atomic E-state index is 0.0650. The molecule has 1 unspecified atom stereocenters. The van der Waals surface area contributed by atoms with Crippen LogP contribution in [0.5, 0.6) is 0 Å². The van der Waals surface area contributed by atoms with Crippen LogP contribution in [0.4, 0.5) is 5.69 Å². The van der Waals surface area contributed by atoms with Crippen molar-refractivity contribution in [3.63, 3.8) is 0 Å². The van der Waals surface area contributed by atoms with Crippen LogP contribution in [0.25, 0.3) is 0 Å². The zero-order chi connectivity index (χ0) is 14.3. The van der Waals surface area contributed by atoms with E-state index in [0.717, 1.165) is 31.7 Å². The largest absolute Gasteiger partial charge is 0.369 e. The second-order valence-corrected chi connectivity index (χ2v) is 6.05. The summed E-state index contributed by atoms with van der Waals surface area (Å²) in [6.07, 6.45) is 0. The number of nitrogens with zero attached hydrogens (tertiary/aromatic N) is 2. The molecule has 1 aromatic rings. The number of fused-ring (bicyclic) bond motifs is 1. The van der Waals surface area contributed by atoms with Gasteiger partial charge >= 0.3 is 0 Å². The van der Waals surface area contributed by atoms with Crippen LogP contribution in [-0.4, -0.2) is 43.0 Å². The highest BCUT2D eigenvalue weighted by Crippen LogP contribution is 2.34. The van der Waals surface area contributed by atoms with Gasteiger partial charge in [-0.2, -0.15) is 0 Å². The third-order valence-corrected chi connectivity index (χ3v) is 4.49. The summed E-state index contributed by atoms with van der Waals surface area (Å²) < 4.78 is 0. The molecule has 1 fully saturated rings. The number of hydrogen-bond acceptors (Lipinski definition) is 3. The zero-order valence-corrected chi connectivity index (χ0v) is 12.5. The Morgan fingerprint density at radius 2 is 1.90 bits per heavy atom.